The maximum atomic E-state index is 3.67. The highest BCUT2D eigenvalue weighted by Crippen LogP contribution is 2.38. The van der Waals surface area contributed by atoms with E-state index in [2.05, 4.69) is 48.5 Å². The highest BCUT2D eigenvalue weighted by Gasteiger charge is 2.31. The largest absolute Gasteiger partial charge is 0.303 e. The van der Waals surface area contributed by atoms with Crippen LogP contribution in [0.1, 0.15) is 53.4 Å². The minimum Gasteiger partial charge on any atom is -0.303 e. The van der Waals surface area contributed by atoms with Crippen LogP contribution in [0.3, 0.4) is 0 Å². The van der Waals surface area contributed by atoms with E-state index < -0.39 is 0 Å². The molecule has 2 heteroatoms. The summed E-state index contributed by atoms with van der Waals surface area (Å²) in [7, 11) is 0. The summed E-state index contributed by atoms with van der Waals surface area (Å²) >= 11 is 3.67. The molecule has 0 saturated carbocycles. The van der Waals surface area contributed by atoms with Crippen LogP contribution in [-0.4, -0.2) is 29.9 Å². The molecule has 1 saturated heterocycles. The topological polar surface area (TPSA) is 3.24 Å². The minimum atomic E-state index is 0.665. The molecule has 1 unspecified atom stereocenters. The summed E-state index contributed by atoms with van der Waals surface area (Å²) in [6.07, 6.45) is 5.55. The molecule has 1 aliphatic rings. The molecule has 0 aromatic heterocycles. The number of piperidine rings is 1. The lowest BCUT2D eigenvalue weighted by atomic mass is 9.74. The Balaban J connectivity index is 2.41. The summed E-state index contributed by atoms with van der Waals surface area (Å²) in [4.78, 5) is 2.69. The first-order chi connectivity index (χ1) is 8.06. The fourth-order valence-corrected chi connectivity index (χ4v) is 3.89. The normalized spacial score (nSPS) is 22.9. The van der Waals surface area contributed by atoms with Crippen molar-refractivity contribution in [3.05, 3.63) is 0 Å². The van der Waals surface area contributed by atoms with Gasteiger partial charge >= 0.3 is 0 Å². The van der Waals surface area contributed by atoms with Crippen molar-refractivity contribution in [1.29, 1.82) is 0 Å². The fraction of sp³-hybridized carbons (Fsp3) is 1.00. The average Bonchev–Trinajstić information content (AvgIpc) is 2.36. The minimum absolute atomic E-state index is 0.665. The van der Waals surface area contributed by atoms with Crippen molar-refractivity contribution in [2.75, 3.05) is 25.0 Å². The molecule has 0 amide bonds. The second-order valence-electron chi connectivity index (χ2n) is 6.17. The SMILES string of the molecule is CCC1(CC)CCN(CC(CBr)C(C)C)CC1. The number of likely N-dealkylation sites (tertiary alicyclic amines) is 1. The van der Waals surface area contributed by atoms with Gasteiger partial charge in [-0.1, -0.05) is 56.5 Å². The van der Waals surface area contributed by atoms with E-state index in [4.69, 9.17) is 0 Å². The Morgan fingerprint density at radius 2 is 1.65 bits per heavy atom. The van der Waals surface area contributed by atoms with Crippen molar-refractivity contribution in [3.8, 4) is 0 Å². The van der Waals surface area contributed by atoms with Gasteiger partial charge in [-0.25, -0.2) is 0 Å². The Hall–Kier alpha value is 0.440. The molecule has 1 heterocycles. The lowest BCUT2D eigenvalue weighted by Gasteiger charge is -2.42. The van der Waals surface area contributed by atoms with Crippen molar-refractivity contribution >= 4 is 15.9 Å². The molecule has 1 nitrogen and oxygen atoms in total. The molecule has 0 aromatic carbocycles. The van der Waals surface area contributed by atoms with E-state index in [-0.39, 0.29) is 0 Å². The number of hydrogen-bond donors (Lipinski definition) is 0. The standard InChI is InChI=1S/C15H30BrN/c1-5-15(6-2)7-9-17(10-8-15)12-14(11-16)13(3)4/h13-14H,5-12H2,1-4H3. The Bertz CT molecular complexity index is 201. The number of nitrogens with zero attached hydrogens (tertiary/aromatic N) is 1. The third-order valence-electron chi connectivity index (χ3n) is 5.05. The molecule has 17 heavy (non-hydrogen) atoms. The smallest absolute Gasteiger partial charge is 0.00743 e. The Morgan fingerprint density at radius 3 is 2.00 bits per heavy atom. The van der Waals surface area contributed by atoms with Crippen molar-refractivity contribution in [1.82, 2.24) is 4.90 Å². The zero-order chi connectivity index (χ0) is 12.9. The summed E-state index contributed by atoms with van der Waals surface area (Å²) in [6, 6.07) is 0. The van der Waals surface area contributed by atoms with Crippen LogP contribution in [0.25, 0.3) is 0 Å². The van der Waals surface area contributed by atoms with Gasteiger partial charge in [0.2, 0.25) is 0 Å². The first kappa shape index (κ1) is 15.5. The molecule has 1 rings (SSSR count). The molecule has 102 valence electrons. The average molecular weight is 304 g/mol. The molecule has 0 aromatic rings. The van der Waals surface area contributed by atoms with Gasteiger partial charge in [-0.2, -0.15) is 0 Å². The van der Waals surface area contributed by atoms with E-state index in [1.54, 1.807) is 0 Å². The van der Waals surface area contributed by atoms with Gasteiger partial charge in [-0.3, -0.25) is 0 Å². The Kier molecular flexibility index (Phi) is 6.50. The van der Waals surface area contributed by atoms with Crippen LogP contribution in [0.2, 0.25) is 0 Å². The molecule has 0 bridgehead atoms. The summed E-state index contributed by atoms with van der Waals surface area (Å²) in [6.45, 7) is 13.3. The number of hydrogen-bond acceptors (Lipinski definition) is 1. The summed E-state index contributed by atoms with van der Waals surface area (Å²) in [5.41, 5.74) is 0.665. The van der Waals surface area contributed by atoms with E-state index in [0.717, 1.165) is 17.2 Å². The van der Waals surface area contributed by atoms with Crippen LogP contribution in [0.4, 0.5) is 0 Å². The van der Waals surface area contributed by atoms with Crippen molar-refractivity contribution < 1.29 is 0 Å². The van der Waals surface area contributed by atoms with E-state index in [1.165, 1.54) is 45.3 Å². The van der Waals surface area contributed by atoms with Gasteiger partial charge in [0.25, 0.3) is 0 Å². The van der Waals surface area contributed by atoms with Gasteiger partial charge in [0.1, 0.15) is 0 Å². The molecule has 0 N–H and O–H groups in total. The van der Waals surface area contributed by atoms with Crippen LogP contribution in [0, 0.1) is 17.3 Å². The van der Waals surface area contributed by atoms with E-state index >= 15 is 0 Å². The number of alkyl halides is 1. The van der Waals surface area contributed by atoms with E-state index in [1.807, 2.05) is 0 Å². The zero-order valence-corrected chi connectivity index (χ0v) is 13.7. The molecule has 1 aliphatic heterocycles. The molecule has 0 spiro atoms. The van der Waals surface area contributed by atoms with Gasteiger partial charge in [0.15, 0.2) is 0 Å². The lowest BCUT2D eigenvalue weighted by Crippen LogP contribution is -2.42. The molecular weight excluding hydrogens is 274 g/mol. The van der Waals surface area contributed by atoms with Gasteiger partial charge < -0.3 is 4.90 Å². The van der Waals surface area contributed by atoms with E-state index in [0.29, 0.717) is 5.41 Å². The van der Waals surface area contributed by atoms with Crippen LogP contribution in [-0.2, 0) is 0 Å². The number of rotatable bonds is 6. The molecule has 1 atom stereocenters. The fourth-order valence-electron chi connectivity index (χ4n) is 2.94. The first-order valence-electron chi connectivity index (χ1n) is 7.35. The second-order valence-corrected chi connectivity index (χ2v) is 6.81. The number of halogens is 1. The van der Waals surface area contributed by atoms with E-state index in [9.17, 15) is 0 Å². The predicted octanol–water partition coefficient (Wildman–Crippen LogP) is 4.56. The Morgan fingerprint density at radius 1 is 1.12 bits per heavy atom. The van der Waals surface area contributed by atoms with Gasteiger partial charge in [0, 0.05) is 11.9 Å². The van der Waals surface area contributed by atoms with Crippen LogP contribution in [0.5, 0.6) is 0 Å². The van der Waals surface area contributed by atoms with Crippen molar-refractivity contribution in [3.63, 3.8) is 0 Å². The summed E-state index contributed by atoms with van der Waals surface area (Å²) in [5, 5.41) is 1.15. The zero-order valence-electron chi connectivity index (χ0n) is 12.1. The highest BCUT2D eigenvalue weighted by atomic mass is 79.9. The van der Waals surface area contributed by atoms with Crippen molar-refractivity contribution in [2.24, 2.45) is 17.3 Å². The highest BCUT2D eigenvalue weighted by molar-refractivity contribution is 9.09. The summed E-state index contributed by atoms with van der Waals surface area (Å²) in [5.74, 6) is 1.60. The first-order valence-corrected chi connectivity index (χ1v) is 8.47. The predicted molar refractivity (Wildman–Crippen MR) is 80.8 cm³/mol. The Labute approximate surface area is 116 Å². The molecule has 0 aliphatic carbocycles. The maximum absolute atomic E-state index is 3.67. The van der Waals surface area contributed by atoms with Crippen LogP contribution < -0.4 is 0 Å². The quantitative estimate of drug-likeness (QED) is 0.650. The third kappa shape index (κ3) is 4.24. The van der Waals surface area contributed by atoms with Gasteiger partial charge in [0.05, 0.1) is 0 Å². The summed E-state index contributed by atoms with van der Waals surface area (Å²) < 4.78 is 0. The van der Waals surface area contributed by atoms with Crippen LogP contribution >= 0.6 is 15.9 Å². The molecular formula is C15H30BrN. The third-order valence-corrected chi connectivity index (χ3v) is 5.88. The van der Waals surface area contributed by atoms with Crippen molar-refractivity contribution in [2.45, 2.75) is 53.4 Å². The second kappa shape index (κ2) is 7.13. The monoisotopic (exact) mass is 303 g/mol. The lowest BCUT2D eigenvalue weighted by molar-refractivity contribution is 0.0816. The van der Waals surface area contributed by atoms with Gasteiger partial charge in [-0.05, 0) is 43.2 Å². The molecule has 1 fully saturated rings. The van der Waals surface area contributed by atoms with Crippen LogP contribution in [0.15, 0.2) is 0 Å². The van der Waals surface area contributed by atoms with Gasteiger partial charge in [-0.15, -0.1) is 0 Å². The molecule has 0 radical (unpaired) electrons. The maximum Gasteiger partial charge on any atom is 0.00743 e.